The third-order valence-corrected chi connectivity index (χ3v) is 1.53. The molecule has 0 aromatic heterocycles. The topological polar surface area (TPSA) is 33.0 Å². The van der Waals surface area contributed by atoms with Crippen LogP contribution in [0.15, 0.2) is 18.2 Å². The SMILES string of the molecule is N#Cc1ccc(OC(Cl)(Cl)Cl)cc1F. The molecular weight excluding hydrogens is 251 g/mol. The molecule has 0 heterocycles. The summed E-state index contributed by atoms with van der Waals surface area (Å²) >= 11 is 15.9. The molecule has 0 radical (unpaired) electrons. The van der Waals surface area contributed by atoms with Crippen LogP contribution in [0.5, 0.6) is 5.75 Å². The molecule has 0 aliphatic rings. The fourth-order valence-electron chi connectivity index (χ4n) is 0.784. The lowest BCUT2D eigenvalue weighted by Crippen LogP contribution is -2.12. The first kappa shape index (κ1) is 11.4. The zero-order valence-electron chi connectivity index (χ0n) is 6.60. The van der Waals surface area contributed by atoms with Crippen molar-refractivity contribution in [2.75, 3.05) is 0 Å². The molecule has 74 valence electrons. The minimum absolute atomic E-state index is 0.0431. The molecule has 2 nitrogen and oxygen atoms in total. The van der Waals surface area contributed by atoms with E-state index in [4.69, 9.17) is 44.8 Å². The van der Waals surface area contributed by atoms with Crippen LogP contribution in [0.4, 0.5) is 4.39 Å². The molecular formula is C8H3Cl3FNO. The van der Waals surface area contributed by atoms with Gasteiger partial charge in [-0.15, -0.1) is 0 Å². The summed E-state index contributed by atoms with van der Waals surface area (Å²) in [5.41, 5.74) is -0.0957. The predicted octanol–water partition coefficient (Wildman–Crippen LogP) is 3.40. The quantitative estimate of drug-likeness (QED) is 0.720. The molecule has 0 amide bonds. The van der Waals surface area contributed by atoms with Crippen molar-refractivity contribution < 1.29 is 9.13 Å². The third kappa shape index (κ3) is 3.22. The molecule has 0 N–H and O–H groups in total. The first-order valence-electron chi connectivity index (χ1n) is 3.38. The molecule has 0 bridgehead atoms. The van der Waals surface area contributed by atoms with Crippen LogP contribution >= 0.6 is 34.8 Å². The monoisotopic (exact) mass is 253 g/mol. The maximum atomic E-state index is 13.0. The molecule has 0 unspecified atom stereocenters. The van der Waals surface area contributed by atoms with Crippen LogP contribution in [-0.4, -0.2) is 3.98 Å². The van der Waals surface area contributed by atoms with Gasteiger partial charge in [-0.1, -0.05) is 0 Å². The smallest absolute Gasteiger partial charge is 0.338 e. The Labute approximate surface area is 94.7 Å². The van der Waals surface area contributed by atoms with Crippen molar-refractivity contribution in [3.05, 3.63) is 29.6 Å². The van der Waals surface area contributed by atoms with Gasteiger partial charge >= 0.3 is 3.98 Å². The summed E-state index contributed by atoms with van der Waals surface area (Å²) < 4.78 is 15.8. The van der Waals surface area contributed by atoms with Crippen molar-refractivity contribution in [1.29, 1.82) is 5.26 Å². The highest BCUT2D eigenvalue weighted by Gasteiger charge is 2.22. The Kier molecular flexibility index (Phi) is 3.43. The Morgan fingerprint density at radius 2 is 2.00 bits per heavy atom. The Morgan fingerprint density at radius 3 is 2.43 bits per heavy atom. The number of rotatable bonds is 1. The highest BCUT2D eigenvalue weighted by atomic mass is 35.6. The second kappa shape index (κ2) is 4.22. The summed E-state index contributed by atoms with van der Waals surface area (Å²) in [5, 5.41) is 8.43. The summed E-state index contributed by atoms with van der Waals surface area (Å²) in [5.74, 6) is -0.680. The van der Waals surface area contributed by atoms with Gasteiger partial charge in [-0.2, -0.15) is 5.26 Å². The maximum Gasteiger partial charge on any atom is 0.338 e. The number of nitriles is 1. The van der Waals surface area contributed by atoms with Crippen LogP contribution in [0.3, 0.4) is 0 Å². The summed E-state index contributed by atoms with van der Waals surface area (Å²) in [6, 6.07) is 5.20. The summed E-state index contributed by atoms with van der Waals surface area (Å²) in [4.78, 5) is 0. The largest absolute Gasteiger partial charge is 0.445 e. The van der Waals surface area contributed by atoms with Crippen LogP contribution in [0, 0.1) is 17.1 Å². The zero-order chi connectivity index (χ0) is 10.8. The summed E-state index contributed by atoms with van der Waals surface area (Å²) in [7, 11) is 0. The molecule has 0 saturated heterocycles. The van der Waals surface area contributed by atoms with E-state index < -0.39 is 9.80 Å². The Hall–Kier alpha value is -0.690. The normalized spacial score (nSPS) is 10.8. The van der Waals surface area contributed by atoms with Gasteiger partial charge in [0.15, 0.2) is 0 Å². The molecule has 1 aromatic rings. The van der Waals surface area contributed by atoms with Gasteiger partial charge in [0.2, 0.25) is 0 Å². The van der Waals surface area contributed by atoms with Gasteiger partial charge in [-0.3, -0.25) is 0 Å². The Balaban J connectivity index is 2.94. The van der Waals surface area contributed by atoms with Crippen molar-refractivity contribution in [3.63, 3.8) is 0 Å². The lowest BCUT2D eigenvalue weighted by Gasteiger charge is -2.13. The number of alkyl halides is 3. The van der Waals surface area contributed by atoms with Gasteiger partial charge in [0.1, 0.15) is 17.6 Å². The number of halogens is 4. The standard InChI is InChI=1S/C8H3Cl3FNO/c9-8(10,11)14-6-2-1-5(4-13)7(12)3-6/h1-3H. The minimum Gasteiger partial charge on any atom is -0.445 e. The Morgan fingerprint density at radius 1 is 1.36 bits per heavy atom. The van der Waals surface area contributed by atoms with Crippen molar-refractivity contribution in [3.8, 4) is 11.8 Å². The molecule has 6 heteroatoms. The lowest BCUT2D eigenvalue weighted by molar-refractivity contribution is 0.318. The highest BCUT2D eigenvalue weighted by Crippen LogP contribution is 2.30. The van der Waals surface area contributed by atoms with Crippen molar-refractivity contribution >= 4 is 34.8 Å². The molecule has 1 aromatic carbocycles. The van der Waals surface area contributed by atoms with Crippen molar-refractivity contribution in [2.45, 2.75) is 3.98 Å². The number of ether oxygens (including phenoxy) is 1. The van der Waals surface area contributed by atoms with E-state index in [1.807, 2.05) is 0 Å². The van der Waals surface area contributed by atoms with Crippen LogP contribution < -0.4 is 4.74 Å². The first-order valence-corrected chi connectivity index (χ1v) is 4.51. The van der Waals surface area contributed by atoms with E-state index in [2.05, 4.69) is 0 Å². The van der Waals surface area contributed by atoms with Gasteiger partial charge < -0.3 is 4.74 Å². The highest BCUT2D eigenvalue weighted by molar-refractivity contribution is 6.66. The molecule has 14 heavy (non-hydrogen) atoms. The van der Waals surface area contributed by atoms with E-state index in [-0.39, 0.29) is 11.3 Å². The molecule has 0 spiro atoms. The summed E-state index contributed by atoms with van der Waals surface area (Å²) in [6.07, 6.45) is 0. The molecule has 0 saturated carbocycles. The number of nitrogens with zero attached hydrogens (tertiary/aromatic N) is 1. The van der Waals surface area contributed by atoms with Gasteiger partial charge in [0, 0.05) is 6.07 Å². The predicted molar refractivity (Wildman–Crippen MR) is 52.0 cm³/mol. The van der Waals surface area contributed by atoms with E-state index in [0.29, 0.717) is 0 Å². The van der Waals surface area contributed by atoms with E-state index in [0.717, 1.165) is 6.07 Å². The van der Waals surface area contributed by atoms with Crippen LogP contribution in [0.2, 0.25) is 0 Å². The first-order chi connectivity index (χ1) is 6.42. The van der Waals surface area contributed by atoms with E-state index in [1.54, 1.807) is 6.07 Å². The van der Waals surface area contributed by atoms with Crippen molar-refractivity contribution in [1.82, 2.24) is 0 Å². The molecule has 0 aliphatic carbocycles. The second-order valence-electron chi connectivity index (χ2n) is 2.30. The van der Waals surface area contributed by atoms with Crippen LogP contribution in [0.1, 0.15) is 5.56 Å². The zero-order valence-corrected chi connectivity index (χ0v) is 8.87. The van der Waals surface area contributed by atoms with E-state index >= 15 is 0 Å². The second-order valence-corrected chi connectivity index (χ2v) is 4.48. The maximum absolute atomic E-state index is 13.0. The molecule has 0 atom stereocenters. The van der Waals surface area contributed by atoms with Crippen LogP contribution in [-0.2, 0) is 0 Å². The fourth-order valence-corrected chi connectivity index (χ4v) is 1.05. The Bertz CT molecular complexity index is 383. The average molecular weight is 254 g/mol. The van der Waals surface area contributed by atoms with Gasteiger partial charge in [0.05, 0.1) is 5.56 Å². The number of hydrogen-bond donors (Lipinski definition) is 0. The molecule has 0 aliphatic heterocycles. The molecule has 1 rings (SSSR count). The number of hydrogen-bond acceptors (Lipinski definition) is 2. The van der Waals surface area contributed by atoms with Crippen molar-refractivity contribution in [2.24, 2.45) is 0 Å². The number of benzene rings is 1. The average Bonchev–Trinajstić information content (AvgIpc) is 2.01. The van der Waals surface area contributed by atoms with E-state index in [9.17, 15) is 4.39 Å². The van der Waals surface area contributed by atoms with Gasteiger partial charge in [0.25, 0.3) is 0 Å². The van der Waals surface area contributed by atoms with E-state index in [1.165, 1.54) is 12.1 Å². The van der Waals surface area contributed by atoms with Gasteiger partial charge in [-0.05, 0) is 46.9 Å². The molecule has 0 fully saturated rings. The lowest BCUT2D eigenvalue weighted by atomic mass is 10.2. The van der Waals surface area contributed by atoms with Gasteiger partial charge in [-0.25, -0.2) is 4.39 Å². The van der Waals surface area contributed by atoms with Crippen LogP contribution in [0.25, 0.3) is 0 Å². The fraction of sp³-hybridized carbons (Fsp3) is 0.125. The minimum atomic E-state index is -1.94. The summed E-state index contributed by atoms with van der Waals surface area (Å²) in [6.45, 7) is 0. The third-order valence-electron chi connectivity index (χ3n) is 1.29.